The molecule has 2 unspecified atom stereocenters. The molecule has 12 heavy (non-hydrogen) atoms. The van der Waals surface area contributed by atoms with E-state index in [1.807, 2.05) is 0 Å². The Kier molecular flexibility index (Phi) is 4.13. The van der Waals surface area contributed by atoms with Gasteiger partial charge in [-0.15, -0.1) is 12.3 Å². The first kappa shape index (κ1) is 9.57. The highest BCUT2D eigenvalue weighted by molar-refractivity contribution is 4.89. The van der Waals surface area contributed by atoms with Gasteiger partial charge in [0.2, 0.25) is 0 Å². The van der Waals surface area contributed by atoms with Crippen LogP contribution in [0.3, 0.4) is 0 Å². The largest absolute Gasteiger partial charge is 0.315 e. The fourth-order valence-corrected chi connectivity index (χ4v) is 1.63. The molecule has 1 rings (SSSR count). The highest BCUT2D eigenvalue weighted by Gasteiger charge is 2.13. The molecular formula is C10H18N2. The van der Waals surface area contributed by atoms with Crippen LogP contribution in [-0.2, 0) is 0 Å². The molecule has 0 amide bonds. The summed E-state index contributed by atoms with van der Waals surface area (Å²) in [6, 6.07) is 1.09. The van der Waals surface area contributed by atoms with Crippen molar-refractivity contribution in [2.75, 3.05) is 13.1 Å². The summed E-state index contributed by atoms with van der Waals surface area (Å²) in [5.74, 6) is 2.67. The van der Waals surface area contributed by atoms with Crippen LogP contribution >= 0.6 is 0 Å². The average Bonchev–Trinajstić information content (AvgIpc) is 2.06. The normalized spacial score (nSPS) is 26.2. The summed E-state index contributed by atoms with van der Waals surface area (Å²) in [7, 11) is 0. The zero-order valence-electron chi connectivity index (χ0n) is 7.77. The summed E-state index contributed by atoms with van der Waals surface area (Å²) in [5, 5.41) is 6.88. The molecule has 2 N–H and O–H groups in total. The molecule has 0 bridgehead atoms. The summed E-state index contributed by atoms with van der Waals surface area (Å²) in [5.41, 5.74) is 0. The van der Waals surface area contributed by atoms with Crippen LogP contribution in [0, 0.1) is 12.3 Å². The Morgan fingerprint density at radius 1 is 1.75 bits per heavy atom. The fraction of sp³-hybridized carbons (Fsp3) is 0.800. The smallest absolute Gasteiger partial charge is 0.0238 e. The fourth-order valence-electron chi connectivity index (χ4n) is 1.63. The third-order valence-corrected chi connectivity index (χ3v) is 2.24. The quantitative estimate of drug-likeness (QED) is 0.604. The number of piperidine rings is 1. The number of nitrogens with one attached hydrogen (secondary N) is 2. The second kappa shape index (κ2) is 5.18. The van der Waals surface area contributed by atoms with E-state index in [0.29, 0.717) is 12.1 Å². The molecule has 2 atom stereocenters. The van der Waals surface area contributed by atoms with Crippen molar-refractivity contribution >= 4 is 0 Å². The second-order valence-electron chi connectivity index (χ2n) is 3.52. The maximum absolute atomic E-state index is 5.23. The zero-order chi connectivity index (χ0) is 8.81. The molecule has 2 heteroatoms. The molecule has 0 aromatic rings. The molecule has 0 saturated carbocycles. The molecule has 0 aliphatic carbocycles. The maximum Gasteiger partial charge on any atom is 0.0238 e. The van der Waals surface area contributed by atoms with Crippen LogP contribution in [-0.4, -0.2) is 25.2 Å². The zero-order valence-corrected chi connectivity index (χ0v) is 7.77. The molecule has 1 heterocycles. The van der Waals surface area contributed by atoms with E-state index in [1.54, 1.807) is 0 Å². The Hall–Kier alpha value is -0.520. The van der Waals surface area contributed by atoms with Crippen molar-refractivity contribution in [3.63, 3.8) is 0 Å². The molecule has 0 aromatic carbocycles. The Morgan fingerprint density at radius 2 is 2.58 bits per heavy atom. The van der Waals surface area contributed by atoms with E-state index in [-0.39, 0.29) is 0 Å². The van der Waals surface area contributed by atoms with Crippen molar-refractivity contribution in [3.8, 4) is 12.3 Å². The van der Waals surface area contributed by atoms with Crippen molar-refractivity contribution in [2.24, 2.45) is 0 Å². The van der Waals surface area contributed by atoms with Gasteiger partial charge in [-0.05, 0) is 26.3 Å². The Bertz CT molecular complexity index is 154. The predicted octanol–water partition coefficient (Wildman–Crippen LogP) is 0.740. The number of hydrogen-bond donors (Lipinski definition) is 2. The van der Waals surface area contributed by atoms with Gasteiger partial charge in [-0.25, -0.2) is 0 Å². The molecule has 2 nitrogen and oxygen atoms in total. The highest BCUT2D eigenvalue weighted by Crippen LogP contribution is 2.03. The number of terminal acetylenes is 1. The maximum atomic E-state index is 5.23. The van der Waals surface area contributed by atoms with Crippen LogP contribution in [0.1, 0.15) is 26.2 Å². The predicted molar refractivity (Wildman–Crippen MR) is 51.9 cm³/mol. The lowest BCUT2D eigenvalue weighted by Gasteiger charge is -2.26. The van der Waals surface area contributed by atoms with Gasteiger partial charge in [0, 0.05) is 25.0 Å². The molecular weight excluding hydrogens is 148 g/mol. The molecule has 1 fully saturated rings. The van der Waals surface area contributed by atoms with Crippen molar-refractivity contribution in [3.05, 3.63) is 0 Å². The van der Waals surface area contributed by atoms with E-state index in [4.69, 9.17) is 6.42 Å². The molecule has 1 saturated heterocycles. The summed E-state index contributed by atoms with van der Waals surface area (Å²) >= 11 is 0. The Balaban J connectivity index is 2.16. The SMILES string of the molecule is C#CCC(C)NC1CCCNC1. The van der Waals surface area contributed by atoms with Gasteiger partial charge in [-0.1, -0.05) is 0 Å². The van der Waals surface area contributed by atoms with Crippen LogP contribution in [0.25, 0.3) is 0 Å². The van der Waals surface area contributed by atoms with Gasteiger partial charge in [0.1, 0.15) is 0 Å². The van der Waals surface area contributed by atoms with E-state index in [9.17, 15) is 0 Å². The third-order valence-electron chi connectivity index (χ3n) is 2.24. The first-order chi connectivity index (χ1) is 5.83. The van der Waals surface area contributed by atoms with Crippen LogP contribution in [0.2, 0.25) is 0 Å². The van der Waals surface area contributed by atoms with Gasteiger partial charge < -0.3 is 10.6 Å². The number of rotatable bonds is 3. The van der Waals surface area contributed by atoms with E-state index in [0.717, 1.165) is 13.0 Å². The summed E-state index contributed by atoms with van der Waals surface area (Å²) < 4.78 is 0. The van der Waals surface area contributed by atoms with Gasteiger partial charge in [-0.2, -0.15) is 0 Å². The molecule has 1 aliphatic heterocycles. The van der Waals surface area contributed by atoms with Crippen molar-refractivity contribution < 1.29 is 0 Å². The standard InChI is InChI=1S/C10H18N2/c1-3-5-9(2)12-10-6-4-7-11-8-10/h1,9-12H,4-8H2,2H3. The lowest BCUT2D eigenvalue weighted by molar-refractivity contribution is 0.360. The minimum atomic E-state index is 0.458. The Labute approximate surface area is 75.1 Å². The van der Waals surface area contributed by atoms with Gasteiger partial charge in [0.25, 0.3) is 0 Å². The van der Waals surface area contributed by atoms with Gasteiger partial charge in [0.05, 0.1) is 0 Å². The van der Waals surface area contributed by atoms with Gasteiger partial charge >= 0.3 is 0 Å². The van der Waals surface area contributed by atoms with E-state index in [2.05, 4.69) is 23.5 Å². The van der Waals surface area contributed by atoms with E-state index >= 15 is 0 Å². The first-order valence-corrected chi connectivity index (χ1v) is 4.73. The second-order valence-corrected chi connectivity index (χ2v) is 3.52. The Morgan fingerprint density at radius 3 is 3.17 bits per heavy atom. The third kappa shape index (κ3) is 3.25. The number of hydrogen-bond acceptors (Lipinski definition) is 2. The first-order valence-electron chi connectivity index (χ1n) is 4.73. The molecule has 0 spiro atoms. The molecule has 0 radical (unpaired) electrons. The minimum absolute atomic E-state index is 0.458. The summed E-state index contributed by atoms with van der Waals surface area (Å²) in [6.07, 6.45) is 8.62. The van der Waals surface area contributed by atoms with Crippen molar-refractivity contribution in [2.45, 2.75) is 38.3 Å². The topological polar surface area (TPSA) is 24.1 Å². The van der Waals surface area contributed by atoms with Gasteiger partial charge in [-0.3, -0.25) is 0 Å². The van der Waals surface area contributed by atoms with Crippen LogP contribution in [0.4, 0.5) is 0 Å². The van der Waals surface area contributed by atoms with E-state index in [1.165, 1.54) is 19.4 Å². The highest BCUT2D eigenvalue weighted by atomic mass is 15.0. The van der Waals surface area contributed by atoms with Crippen molar-refractivity contribution in [1.82, 2.24) is 10.6 Å². The minimum Gasteiger partial charge on any atom is -0.315 e. The van der Waals surface area contributed by atoms with Crippen LogP contribution < -0.4 is 10.6 Å². The summed E-state index contributed by atoms with van der Waals surface area (Å²) in [4.78, 5) is 0. The monoisotopic (exact) mass is 166 g/mol. The molecule has 0 aromatic heterocycles. The van der Waals surface area contributed by atoms with Gasteiger partial charge in [0.15, 0.2) is 0 Å². The van der Waals surface area contributed by atoms with Crippen LogP contribution in [0.15, 0.2) is 0 Å². The molecule has 68 valence electrons. The van der Waals surface area contributed by atoms with E-state index < -0.39 is 0 Å². The average molecular weight is 166 g/mol. The van der Waals surface area contributed by atoms with Crippen molar-refractivity contribution in [1.29, 1.82) is 0 Å². The molecule has 1 aliphatic rings. The lowest BCUT2D eigenvalue weighted by Crippen LogP contribution is -2.46. The lowest BCUT2D eigenvalue weighted by atomic mass is 10.1. The summed E-state index contributed by atoms with van der Waals surface area (Å²) in [6.45, 7) is 4.41. The van der Waals surface area contributed by atoms with Crippen LogP contribution in [0.5, 0.6) is 0 Å².